The lowest BCUT2D eigenvalue weighted by Crippen LogP contribution is -2.49. The van der Waals surface area contributed by atoms with Crippen LogP contribution in [0.25, 0.3) is 0 Å². The lowest BCUT2D eigenvalue weighted by molar-refractivity contribution is 0.0636. The van der Waals surface area contributed by atoms with Crippen LogP contribution in [0.2, 0.25) is 0 Å². The summed E-state index contributed by atoms with van der Waals surface area (Å²) in [5.74, 6) is -2.24. The maximum absolute atomic E-state index is 14.3. The molecule has 4 N–H and O–H groups in total. The Morgan fingerprint density at radius 3 is 2.83 bits per heavy atom. The van der Waals surface area contributed by atoms with Crippen molar-refractivity contribution in [3.8, 4) is 0 Å². The van der Waals surface area contributed by atoms with E-state index in [-0.39, 0.29) is 17.8 Å². The first-order chi connectivity index (χ1) is 13.9. The molecule has 3 aliphatic rings. The lowest BCUT2D eigenvalue weighted by Gasteiger charge is -2.34. The Labute approximate surface area is 171 Å². The smallest absolute Gasteiger partial charge is 0.272 e. The number of rotatable bonds is 5. The van der Waals surface area contributed by atoms with Crippen molar-refractivity contribution in [3.63, 3.8) is 0 Å². The summed E-state index contributed by atoms with van der Waals surface area (Å²) in [7, 11) is 1.84. The highest BCUT2D eigenvalue weighted by Gasteiger charge is 2.39. The summed E-state index contributed by atoms with van der Waals surface area (Å²) in [6, 6.07) is 3.83. The summed E-state index contributed by atoms with van der Waals surface area (Å²) in [6.45, 7) is 6.78. The predicted molar refractivity (Wildman–Crippen MR) is 112 cm³/mol. The van der Waals surface area contributed by atoms with E-state index in [4.69, 9.17) is 0 Å². The van der Waals surface area contributed by atoms with Crippen LogP contribution in [0.15, 0.2) is 41.8 Å². The van der Waals surface area contributed by atoms with E-state index in [1.807, 2.05) is 38.0 Å². The Bertz CT molecular complexity index is 752. The molecule has 3 aliphatic heterocycles. The number of fused-ring (bicyclic) bond motifs is 1. The summed E-state index contributed by atoms with van der Waals surface area (Å²) >= 11 is 0. The van der Waals surface area contributed by atoms with Crippen molar-refractivity contribution < 1.29 is 8.78 Å². The number of anilines is 1. The van der Waals surface area contributed by atoms with Crippen LogP contribution in [-0.4, -0.2) is 48.3 Å². The van der Waals surface area contributed by atoms with Crippen LogP contribution in [0, 0.1) is 0 Å². The first-order valence-corrected chi connectivity index (χ1v) is 10.4. The van der Waals surface area contributed by atoms with Crippen molar-refractivity contribution >= 4 is 5.82 Å². The third kappa shape index (κ3) is 4.76. The van der Waals surface area contributed by atoms with Gasteiger partial charge >= 0.3 is 0 Å². The number of aromatic nitrogens is 1. The van der Waals surface area contributed by atoms with Crippen LogP contribution in [0.3, 0.4) is 0 Å². The molecule has 4 heterocycles. The number of hydrazine groups is 1. The fourth-order valence-corrected chi connectivity index (χ4v) is 4.03. The van der Waals surface area contributed by atoms with Gasteiger partial charge in [0.2, 0.25) is 0 Å². The fourth-order valence-electron chi connectivity index (χ4n) is 4.03. The molecule has 3 atom stereocenters. The highest BCUT2D eigenvalue weighted by atomic mass is 19.3. The monoisotopic (exact) mass is 406 g/mol. The third-order valence-electron chi connectivity index (χ3n) is 5.35. The van der Waals surface area contributed by atoms with E-state index >= 15 is 0 Å². The van der Waals surface area contributed by atoms with Gasteiger partial charge in [0.1, 0.15) is 5.82 Å². The molecular formula is C21H32F2N6. The molecular weight excluding hydrogens is 374 g/mol. The van der Waals surface area contributed by atoms with Gasteiger partial charge in [0.05, 0.1) is 12.2 Å². The molecule has 3 unspecified atom stereocenters. The van der Waals surface area contributed by atoms with Gasteiger partial charge in [-0.25, -0.2) is 18.8 Å². The molecule has 29 heavy (non-hydrogen) atoms. The minimum absolute atomic E-state index is 0.00916. The largest absolute Gasteiger partial charge is 0.368 e. The lowest BCUT2D eigenvalue weighted by atomic mass is 9.95. The van der Waals surface area contributed by atoms with Gasteiger partial charge in [-0.3, -0.25) is 5.32 Å². The van der Waals surface area contributed by atoms with Crippen molar-refractivity contribution in [2.45, 2.75) is 57.8 Å². The number of nitrogens with zero attached hydrogens (tertiary/aromatic N) is 2. The Balaban J connectivity index is 0.00000117. The molecule has 160 valence electrons. The Hall–Kier alpha value is -2.03. The zero-order chi connectivity index (χ0) is 21.0. The summed E-state index contributed by atoms with van der Waals surface area (Å²) in [5, 5.41) is 12.0. The van der Waals surface area contributed by atoms with E-state index in [9.17, 15) is 8.78 Å². The molecule has 1 fully saturated rings. The maximum atomic E-state index is 14.3. The molecule has 8 heteroatoms. The number of alkyl halides is 2. The van der Waals surface area contributed by atoms with Gasteiger partial charge in [-0.2, -0.15) is 0 Å². The Morgan fingerprint density at radius 1 is 1.34 bits per heavy atom. The molecule has 0 saturated carbocycles. The first-order valence-electron chi connectivity index (χ1n) is 10.4. The molecule has 6 nitrogen and oxygen atoms in total. The van der Waals surface area contributed by atoms with E-state index in [1.54, 1.807) is 18.3 Å². The summed E-state index contributed by atoms with van der Waals surface area (Å²) in [4.78, 5) is 4.32. The molecule has 1 aromatic rings. The van der Waals surface area contributed by atoms with E-state index in [0.29, 0.717) is 17.6 Å². The maximum Gasteiger partial charge on any atom is 0.272 e. The van der Waals surface area contributed by atoms with Crippen molar-refractivity contribution in [2.75, 3.05) is 25.6 Å². The molecule has 1 saturated heterocycles. The van der Waals surface area contributed by atoms with Gasteiger partial charge in [0, 0.05) is 49.6 Å². The number of hydrogen-bond acceptors (Lipinski definition) is 6. The van der Waals surface area contributed by atoms with Crippen LogP contribution in [0.1, 0.15) is 45.2 Å². The second-order valence-corrected chi connectivity index (χ2v) is 7.46. The zero-order valence-electron chi connectivity index (χ0n) is 17.6. The topological polar surface area (TPSA) is 64.2 Å². The normalized spacial score (nSPS) is 26.5. The number of halogens is 2. The first kappa shape index (κ1) is 21.7. The Morgan fingerprint density at radius 2 is 2.14 bits per heavy atom. The van der Waals surface area contributed by atoms with E-state index in [2.05, 4.69) is 26.4 Å². The molecule has 0 amide bonds. The van der Waals surface area contributed by atoms with Gasteiger partial charge in [0.15, 0.2) is 0 Å². The summed E-state index contributed by atoms with van der Waals surface area (Å²) in [6.07, 6.45) is 7.14. The minimum atomic E-state index is -2.94. The van der Waals surface area contributed by atoms with E-state index in [1.165, 1.54) is 6.42 Å². The van der Waals surface area contributed by atoms with E-state index < -0.39 is 5.92 Å². The van der Waals surface area contributed by atoms with Crippen molar-refractivity contribution in [3.05, 3.63) is 47.3 Å². The molecule has 0 aromatic carbocycles. The molecule has 0 aliphatic carbocycles. The van der Waals surface area contributed by atoms with Crippen LogP contribution in [0.5, 0.6) is 0 Å². The van der Waals surface area contributed by atoms with Crippen LogP contribution in [0.4, 0.5) is 14.6 Å². The second-order valence-electron chi connectivity index (χ2n) is 7.46. The number of dihydropyridines is 1. The van der Waals surface area contributed by atoms with Crippen LogP contribution >= 0.6 is 0 Å². The molecule has 0 spiro atoms. The average molecular weight is 407 g/mol. The summed E-state index contributed by atoms with van der Waals surface area (Å²) < 4.78 is 28.7. The van der Waals surface area contributed by atoms with Gasteiger partial charge < -0.3 is 16.1 Å². The Kier molecular flexibility index (Phi) is 6.87. The van der Waals surface area contributed by atoms with Crippen LogP contribution in [-0.2, 0) is 0 Å². The molecule has 0 radical (unpaired) electrons. The number of nitrogens with one attached hydrogen (secondary N) is 4. The van der Waals surface area contributed by atoms with Crippen molar-refractivity contribution in [1.82, 2.24) is 25.9 Å². The quantitative estimate of drug-likeness (QED) is 0.603. The molecule has 0 bridgehead atoms. The fraction of sp³-hybridized carbons (Fsp3) is 0.571. The highest BCUT2D eigenvalue weighted by Crippen LogP contribution is 2.41. The second kappa shape index (κ2) is 9.19. The number of pyridine rings is 1. The van der Waals surface area contributed by atoms with Gasteiger partial charge in [-0.15, -0.1) is 0 Å². The summed E-state index contributed by atoms with van der Waals surface area (Å²) in [5.41, 5.74) is 4.55. The number of allylic oxidation sites excluding steroid dienone is 2. The number of hydrogen-bond donors (Lipinski definition) is 4. The zero-order valence-corrected chi connectivity index (χ0v) is 17.6. The average Bonchev–Trinajstić information content (AvgIpc) is 3.33. The van der Waals surface area contributed by atoms with Gasteiger partial charge in [-0.05, 0) is 31.5 Å². The van der Waals surface area contributed by atoms with Crippen molar-refractivity contribution in [2.24, 2.45) is 0 Å². The highest BCUT2D eigenvalue weighted by molar-refractivity contribution is 5.54. The van der Waals surface area contributed by atoms with E-state index in [0.717, 1.165) is 32.0 Å². The number of likely N-dealkylation sites (N-methyl/N-ethyl adjacent to an activating group) is 1. The SMILES string of the molecule is CC.CN1Nc2ncccc2C1C1=C(C(C)(F)F)C=CC(NCC2CCCN2)N1. The van der Waals surface area contributed by atoms with Gasteiger partial charge in [-0.1, -0.05) is 26.0 Å². The predicted octanol–water partition coefficient (Wildman–Crippen LogP) is 3.16. The standard InChI is InChI=1S/C19H26F2N6.C2H6/c1-19(20,21)14-7-8-15(24-11-12-5-3-9-22-12)25-16(14)17-13-6-4-10-23-18(13)26-27(17)2;1-2/h4,6-8,10,12,15,17,22,24-25H,3,5,9,11H2,1-2H3,(H,23,26);1-2H3. The third-order valence-corrected chi connectivity index (χ3v) is 5.35. The van der Waals surface area contributed by atoms with Gasteiger partial charge in [0.25, 0.3) is 5.92 Å². The molecule has 4 rings (SSSR count). The minimum Gasteiger partial charge on any atom is -0.368 e. The van der Waals surface area contributed by atoms with Crippen molar-refractivity contribution in [1.29, 1.82) is 0 Å². The molecule has 1 aromatic heterocycles. The van der Waals surface area contributed by atoms with Crippen LogP contribution < -0.4 is 21.4 Å².